The topological polar surface area (TPSA) is 105 Å². The molecule has 1 aromatic rings. The number of aromatic nitrogens is 2. The van der Waals surface area contributed by atoms with Gasteiger partial charge < -0.3 is 14.9 Å². The van der Waals surface area contributed by atoms with E-state index in [9.17, 15) is 19.8 Å². The van der Waals surface area contributed by atoms with Crippen molar-refractivity contribution in [1.29, 1.82) is 0 Å². The maximum atomic E-state index is 11.8. The number of rotatable bonds is 3. The van der Waals surface area contributed by atoms with Crippen molar-refractivity contribution in [3.63, 3.8) is 0 Å². The Labute approximate surface area is 119 Å². The van der Waals surface area contributed by atoms with E-state index in [1.54, 1.807) is 0 Å². The number of aliphatic hydroxyl groups is 2. The molecule has 4 atom stereocenters. The van der Waals surface area contributed by atoms with E-state index in [4.69, 9.17) is 16.3 Å². The van der Waals surface area contributed by atoms with Crippen molar-refractivity contribution in [2.24, 2.45) is 5.92 Å². The molecule has 0 saturated carbocycles. The molecule has 0 amide bonds. The number of H-pyrrole nitrogens is 1. The Kier molecular flexibility index (Phi) is 4.14. The van der Waals surface area contributed by atoms with Gasteiger partial charge in [0.05, 0.1) is 18.6 Å². The van der Waals surface area contributed by atoms with Crippen LogP contribution in [0.2, 0.25) is 0 Å². The maximum Gasteiger partial charge on any atom is 0.330 e. The van der Waals surface area contributed by atoms with Crippen molar-refractivity contribution in [2.45, 2.75) is 24.9 Å². The van der Waals surface area contributed by atoms with E-state index < -0.39 is 41.7 Å². The van der Waals surface area contributed by atoms with Gasteiger partial charge in [0.15, 0.2) is 0 Å². The number of nitrogens with zero attached hydrogens (tertiary/aromatic N) is 1. The van der Waals surface area contributed by atoms with Gasteiger partial charge in [-0.1, -0.05) is 17.7 Å². The Morgan fingerprint density at radius 1 is 1.60 bits per heavy atom. The summed E-state index contributed by atoms with van der Waals surface area (Å²) in [5.41, 5.74) is -1.20. The molecule has 3 N–H and O–H groups in total. The van der Waals surface area contributed by atoms with Crippen molar-refractivity contribution in [3.05, 3.63) is 44.7 Å². The Bertz CT molecular complexity index is 625. The minimum Gasteiger partial charge on any atom is -0.393 e. The first-order valence-corrected chi connectivity index (χ1v) is 6.41. The van der Waals surface area contributed by atoms with Crippen LogP contribution < -0.4 is 11.2 Å². The molecule has 2 heterocycles. The van der Waals surface area contributed by atoms with Gasteiger partial charge in [-0.05, 0) is 6.92 Å². The largest absolute Gasteiger partial charge is 0.393 e. The lowest BCUT2D eigenvalue weighted by molar-refractivity contribution is -0.117. The Balaban J connectivity index is 2.48. The van der Waals surface area contributed by atoms with Gasteiger partial charge in [-0.3, -0.25) is 14.3 Å². The molecule has 20 heavy (non-hydrogen) atoms. The molecular weight excluding hydrogens is 288 g/mol. The number of halogens is 1. The van der Waals surface area contributed by atoms with Crippen molar-refractivity contribution in [2.75, 3.05) is 6.61 Å². The fraction of sp³-hybridized carbons (Fsp3) is 0.500. The molecule has 1 aliphatic rings. The predicted octanol–water partition coefficient (Wildman–Crippen LogP) is -0.454. The van der Waals surface area contributed by atoms with Crippen LogP contribution in [0, 0.1) is 5.92 Å². The van der Waals surface area contributed by atoms with Crippen LogP contribution in [-0.2, 0) is 4.74 Å². The molecule has 1 fully saturated rings. The van der Waals surface area contributed by atoms with Crippen LogP contribution in [0.15, 0.2) is 33.5 Å². The van der Waals surface area contributed by atoms with E-state index in [1.807, 2.05) is 0 Å². The lowest BCUT2D eigenvalue weighted by Gasteiger charge is -2.25. The fourth-order valence-electron chi connectivity index (χ4n) is 2.27. The van der Waals surface area contributed by atoms with E-state index in [1.165, 1.54) is 30.8 Å². The molecule has 0 aromatic carbocycles. The highest BCUT2D eigenvalue weighted by Gasteiger charge is 2.51. The highest BCUT2D eigenvalue weighted by molar-refractivity contribution is 6.25. The first-order chi connectivity index (χ1) is 9.42. The van der Waals surface area contributed by atoms with Crippen molar-refractivity contribution in [1.82, 2.24) is 9.55 Å². The van der Waals surface area contributed by atoms with Gasteiger partial charge in [0.25, 0.3) is 5.56 Å². The van der Waals surface area contributed by atoms with Gasteiger partial charge in [-0.2, -0.15) is 0 Å². The van der Waals surface area contributed by atoms with E-state index >= 15 is 0 Å². The van der Waals surface area contributed by atoms with Gasteiger partial charge in [0.2, 0.25) is 0 Å². The predicted molar refractivity (Wildman–Crippen MR) is 71.4 cm³/mol. The number of ether oxygens (including phenoxy) is 1. The second kappa shape index (κ2) is 5.53. The second-order valence-corrected chi connectivity index (χ2v) is 5.09. The van der Waals surface area contributed by atoms with E-state index in [2.05, 4.69) is 4.98 Å². The maximum absolute atomic E-state index is 11.8. The molecule has 8 heteroatoms. The summed E-state index contributed by atoms with van der Waals surface area (Å²) in [4.78, 5) is 25.0. The summed E-state index contributed by atoms with van der Waals surface area (Å²) in [5, 5.41) is 19.6. The molecule has 110 valence electrons. The number of nitrogens with one attached hydrogen (secondary N) is 1. The summed E-state index contributed by atoms with van der Waals surface area (Å²) in [5.74, 6) is -0.631. The van der Waals surface area contributed by atoms with Crippen LogP contribution in [0.3, 0.4) is 0 Å². The minimum absolute atomic E-state index is 0.421. The smallest absolute Gasteiger partial charge is 0.330 e. The van der Waals surface area contributed by atoms with Crippen LogP contribution in [0.4, 0.5) is 0 Å². The van der Waals surface area contributed by atoms with Crippen molar-refractivity contribution >= 4 is 11.6 Å². The third-order valence-corrected chi connectivity index (χ3v) is 3.59. The third kappa shape index (κ3) is 2.45. The summed E-state index contributed by atoms with van der Waals surface area (Å²) in [6, 6.07) is 1.17. The molecule has 2 rings (SSSR count). The number of aromatic amines is 1. The zero-order valence-electron chi connectivity index (χ0n) is 10.7. The Morgan fingerprint density at radius 2 is 2.30 bits per heavy atom. The third-order valence-electron chi connectivity index (χ3n) is 3.44. The van der Waals surface area contributed by atoms with Crippen LogP contribution in [0.25, 0.3) is 0 Å². The summed E-state index contributed by atoms with van der Waals surface area (Å²) < 4.78 is 6.76. The quantitative estimate of drug-likeness (QED) is 0.701. The summed E-state index contributed by atoms with van der Waals surface area (Å²) >= 11 is 5.55. The molecule has 0 radical (unpaired) electrons. The lowest BCUT2D eigenvalue weighted by Crippen LogP contribution is -2.41. The lowest BCUT2D eigenvalue weighted by atomic mass is 9.91. The zero-order valence-corrected chi connectivity index (χ0v) is 11.4. The van der Waals surface area contributed by atoms with Crippen LogP contribution in [-0.4, -0.2) is 38.1 Å². The van der Waals surface area contributed by atoms with Gasteiger partial charge in [-0.15, -0.1) is 0 Å². The normalized spacial score (nSPS) is 33.9. The first-order valence-electron chi connectivity index (χ1n) is 5.98. The van der Waals surface area contributed by atoms with E-state index in [0.717, 1.165) is 4.57 Å². The highest BCUT2D eigenvalue weighted by Crippen LogP contribution is 2.41. The van der Waals surface area contributed by atoms with E-state index in [0.29, 0.717) is 0 Å². The highest BCUT2D eigenvalue weighted by atomic mass is 35.5. The van der Waals surface area contributed by atoms with Gasteiger partial charge in [-0.25, -0.2) is 4.79 Å². The number of hydrogen-bond acceptors (Lipinski definition) is 5. The molecular formula is C12H15ClN2O5. The van der Waals surface area contributed by atoms with Gasteiger partial charge in [0.1, 0.15) is 11.8 Å². The molecule has 0 bridgehead atoms. The molecule has 1 aliphatic heterocycles. The van der Waals surface area contributed by atoms with Gasteiger partial charge in [0, 0.05) is 17.8 Å². The minimum atomic E-state index is -1.22. The average molecular weight is 303 g/mol. The fourth-order valence-corrected chi connectivity index (χ4v) is 2.44. The molecule has 0 unspecified atom stereocenters. The number of hydrogen-bond donors (Lipinski definition) is 3. The standard InChI is InChI=1S/C12H15ClN2O5/c1-12(6-16)9(18)7(2-4-13)10(20-12)15-5-3-8(17)14-11(15)19/h2-5,7,9-10,16,18H,6H2,1H3,(H,14,17,19)/b4-2-/t7-,9-,10+,12+/m0/s1. The van der Waals surface area contributed by atoms with Gasteiger partial charge >= 0.3 is 5.69 Å². The summed E-state index contributed by atoms with van der Waals surface area (Å²) in [7, 11) is 0. The molecule has 1 saturated heterocycles. The number of aliphatic hydroxyl groups excluding tert-OH is 2. The molecule has 0 aliphatic carbocycles. The van der Waals surface area contributed by atoms with Crippen molar-refractivity contribution in [3.8, 4) is 0 Å². The second-order valence-electron chi connectivity index (χ2n) is 4.84. The summed E-state index contributed by atoms with van der Waals surface area (Å²) in [6.07, 6.45) is 0.833. The monoisotopic (exact) mass is 302 g/mol. The van der Waals surface area contributed by atoms with Crippen LogP contribution >= 0.6 is 11.6 Å². The Hall–Kier alpha value is -1.41. The molecule has 7 nitrogen and oxygen atoms in total. The van der Waals surface area contributed by atoms with E-state index in [-0.39, 0.29) is 0 Å². The van der Waals surface area contributed by atoms with Crippen molar-refractivity contribution < 1.29 is 14.9 Å². The SMILES string of the molecule is C[C@]1(CO)O[C@@H](n2ccc(=O)[nH]c2=O)[C@@H](/C=C\Cl)[C@@H]1O. The first kappa shape index (κ1) is 15.0. The van der Waals surface area contributed by atoms with Crippen LogP contribution in [0.1, 0.15) is 13.2 Å². The zero-order chi connectivity index (χ0) is 14.9. The molecule has 1 aromatic heterocycles. The average Bonchev–Trinajstić information content (AvgIpc) is 2.65. The molecule has 0 spiro atoms. The summed E-state index contributed by atoms with van der Waals surface area (Å²) in [6.45, 7) is 1.11. The van der Waals surface area contributed by atoms with Crippen LogP contribution in [0.5, 0.6) is 0 Å². The Morgan fingerprint density at radius 3 is 2.85 bits per heavy atom.